The molecule has 0 spiro atoms. The summed E-state index contributed by atoms with van der Waals surface area (Å²) in [6.45, 7) is 0. The lowest BCUT2D eigenvalue weighted by molar-refractivity contribution is 0.608. The highest BCUT2D eigenvalue weighted by Gasteiger charge is 1.97. The third-order valence-electron chi connectivity index (χ3n) is 1.56. The quantitative estimate of drug-likeness (QED) is 0.662. The van der Waals surface area contributed by atoms with Crippen LogP contribution in [0, 0.1) is 5.82 Å². The van der Waals surface area contributed by atoms with Crippen molar-refractivity contribution in [2.45, 2.75) is 12.8 Å². The fourth-order valence-electron chi connectivity index (χ4n) is 0.971. The number of thiol groups is 1. The maximum atomic E-state index is 12.9. The zero-order valence-electron chi connectivity index (χ0n) is 6.26. The summed E-state index contributed by atoms with van der Waals surface area (Å²) in [5.41, 5.74) is 0.793. The second-order valence-electron chi connectivity index (χ2n) is 2.42. The van der Waals surface area contributed by atoms with Crippen molar-refractivity contribution >= 4 is 12.6 Å². The van der Waals surface area contributed by atoms with Crippen molar-refractivity contribution in [3.63, 3.8) is 0 Å². The normalized spacial score (nSPS) is 10.0. The van der Waals surface area contributed by atoms with E-state index in [0.29, 0.717) is 0 Å². The number of halogens is 1. The summed E-state index contributed by atoms with van der Waals surface area (Å²) in [6, 6.07) is 6.88. The molecule has 0 aliphatic rings. The second-order valence-corrected chi connectivity index (χ2v) is 2.87. The molecule has 0 radical (unpaired) electrons. The molecule has 0 aliphatic carbocycles. The Morgan fingerprint density at radius 3 is 2.64 bits per heavy atom. The minimum atomic E-state index is -0.103. The van der Waals surface area contributed by atoms with Gasteiger partial charge in [0.2, 0.25) is 0 Å². The lowest BCUT2D eigenvalue weighted by Gasteiger charge is -1.99. The fraction of sp³-hybridized carbons (Fsp3) is 0.333. The van der Waals surface area contributed by atoms with Crippen molar-refractivity contribution in [2.24, 2.45) is 0 Å². The Hall–Kier alpha value is -0.500. The molecule has 0 atom stereocenters. The summed E-state index contributed by atoms with van der Waals surface area (Å²) in [7, 11) is 0. The van der Waals surface area contributed by atoms with Crippen LogP contribution in [-0.4, -0.2) is 5.75 Å². The summed E-state index contributed by atoms with van der Waals surface area (Å²) < 4.78 is 12.9. The van der Waals surface area contributed by atoms with Gasteiger partial charge < -0.3 is 0 Å². The van der Waals surface area contributed by atoms with E-state index in [2.05, 4.69) is 12.6 Å². The lowest BCUT2D eigenvalue weighted by Crippen LogP contribution is -1.90. The Morgan fingerprint density at radius 2 is 2.00 bits per heavy atom. The molecule has 0 nitrogen and oxygen atoms in total. The van der Waals surface area contributed by atoms with Crippen molar-refractivity contribution in [3.8, 4) is 0 Å². The Labute approximate surface area is 71.8 Å². The van der Waals surface area contributed by atoms with Gasteiger partial charge in [0.15, 0.2) is 0 Å². The highest BCUT2D eigenvalue weighted by Crippen LogP contribution is 2.08. The van der Waals surface area contributed by atoms with Gasteiger partial charge in [0.1, 0.15) is 5.82 Å². The maximum Gasteiger partial charge on any atom is 0.126 e. The Balaban J connectivity index is 2.62. The van der Waals surface area contributed by atoms with Crippen LogP contribution in [0.25, 0.3) is 0 Å². The third-order valence-corrected chi connectivity index (χ3v) is 1.88. The van der Waals surface area contributed by atoms with Gasteiger partial charge in [0.25, 0.3) is 0 Å². The van der Waals surface area contributed by atoms with Crippen LogP contribution >= 0.6 is 12.6 Å². The average Bonchev–Trinajstić information content (AvgIpc) is 2.03. The van der Waals surface area contributed by atoms with Crippen molar-refractivity contribution in [3.05, 3.63) is 35.6 Å². The molecule has 0 saturated heterocycles. The van der Waals surface area contributed by atoms with E-state index in [1.807, 2.05) is 12.1 Å². The number of aryl methyl sites for hydroxylation is 1. The summed E-state index contributed by atoms with van der Waals surface area (Å²) in [5.74, 6) is 0.711. The van der Waals surface area contributed by atoms with E-state index < -0.39 is 0 Å². The van der Waals surface area contributed by atoms with Crippen LogP contribution in [0.15, 0.2) is 24.3 Å². The molecule has 0 heterocycles. The molecule has 0 N–H and O–H groups in total. The van der Waals surface area contributed by atoms with Crippen LogP contribution in [0.1, 0.15) is 12.0 Å². The van der Waals surface area contributed by atoms with Crippen molar-refractivity contribution in [1.29, 1.82) is 0 Å². The Bertz CT molecular complexity index is 223. The van der Waals surface area contributed by atoms with E-state index in [1.54, 1.807) is 6.07 Å². The maximum absolute atomic E-state index is 12.9. The van der Waals surface area contributed by atoms with Crippen LogP contribution in [0.3, 0.4) is 0 Å². The van der Waals surface area contributed by atoms with Gasteiger partial charge in [-0.2, -0.15) is 12.6 Å². The monoisotopic (exact) mass is 170 g/mol. The molecule has 0 saturated carbocycles. The topological polar surface area (TPSA) is 0 Å². The third kappa shape index (κ3) is 2.54. The molecule has 1 aromatic rings. The Morgan fingerprint density at radius 1 is 1.27 bits per heavy atom. The standard InChI is InChI=1S/C9H11FS/c10-9-6-2-1-4-8(9)5-3-7-11/h1-2,4,6,11H,3,5,7H2. The molecular weight excluding hydrogens is 159 g/mol. The van der Waals surface area contributed by atoms with E-state index in [4.69, 9.17) is 0 Å². The molecule has 0 bridgehead atoms. The summed E-state index contributed by atoms with van der Waals surface area (Å²) in [6.07, 6.45) is 1.72. The van der Waals surface area contributed by atoms with Crippen LogP contribution in [-0.2, 0) is 6.42 Å². The van der Waals surface area contributed by atoms with E-state index in [1.165, 1.54) is 6.07 Å². The van der Waals surface area contributed by atoms with Gasteiger partial charge in [-0.05, 0) is 30.2 Å². The molecule has 60 valence electrons. The lowest BCUT2D eigenvalue weighted by atomic mass is 10.1. The summed E-state index contributed by atoms with van der Waals surface area (Å²) in [5, 5.41) is 0. The largest absolute Gasteiger partial charge is 0.207 e. The van der Waals surface area contributed by atoms with Crippen LogP contribution in [0.5, 0.6) is 0 Å². The molecule has 11 heavy (non-hydrogen) atoms. The predicted octanol–water partition coefficient (Wildman–Crippen LogP) is 2.69. The first-order valence-electron chi connectivity index (χ1n) is 3.69. The highest BCUT2D eigenvalue weighted by molar-refractivity contribution is 7.80. The summed E-state index contributed by atoms with van der Waals surface area (Å²) >= 11 is 4.06. The minimum absolute atomic E-state index is 0.103. The van der Waals surface area contributed by atoms with Gasteiger partial charge in [-0.15, -0.1) is 0 Å². The molecule has 0 amide bonds. The molecule has 1 rings (SSSR count). The first-order chi connectivity index (χ1) is 5.34. The molecular formula is C9H11FS. The SMILES string of the molecule is Fc1ccccc1CCCS. The van der Waals surface area contributed by atoms with Gasteiger partial charge >= 0.3 is 0 Å². The van der Waals surface area contributed by atoms with Gasteiger partial charge in [-0.25, -0.2) is 4.39 Å². The first-order valence-corrected chi connectivity index (χ1v) is 4.32. The zero-order valence-corrected chi connectivity index (χ0v) is 7.15. The van der Waals surface area contributed by atoms with E-state index in [9.17, 15) is 4.39 Å². The first kappa shape index (κ1) is 8.60. The van der Waals surface area contributed by atoms with E-state index in [0.717, 1.165) is 24.2 Å². The zero-order chi connectivity index (χ0) is 8.10. The smallest absolute Gasteiger partial charge is 0.126 e. The van der Waals surface area contributed by atoms with Crippen molar-refractivity contribution in [2.75, 3.05) is 5.75 Å². The average molecular weight is 170 g/mol. The number of rotatable bonds is 3. The molecule has 0 unspecified atom stereocenters. The number of hydrogen-bond donors (Lipinski definition) is 1. The van der Waals surface area contributed by atoms with Crippen molar-refractivity contribution < 1.29 is 4.39 Å². The molecule has 0 aliphatic heterocycles. The molecule has 1 aromatic carbocycles. The van der Waals surface area contributed by atoms with Crippen LogP contribution < -0.4 is 0 Å². The molecule has 0 fully saturated rings. The predicted molar refractivity (Wildman–Crippen MR) is 48.6 cm³/mol. The van der Waals surface area contributed by atoms with Gasteiger partial charge in [0.05, 0.1) is 0 Å². The Kier molecular flexibility index (Phi) is 3.43. The van der Waals surface area contributed by atoms with E-state index >= 15 is 0 Å². The second kappa shape index (κ2) is 4.39. The van der Waals surface area contributed by atoms with Gasteiger partial charge in [-0.3, -0.25) is 0 Å². The van der Waals surface area contributed by atoms with E-state index in [-0.39, 0.29) is 5.82 Å². The van der Waals surface area contributed by atoms with Gasteiger partial charge in [0, 0.05) is 0 Å². The highest BCUT2D eigenvalue weighted by atomic mass is 32.1. The van der Waals surface area contributed by atoms with Crippen LogP contribution in [0.4, 0.5) is 4.39 Å². The number of benzene rings is 1. The van der Waals surface area contributed by atoms with Crippen LogP contribution in [0.2, 0.25) is 0 Å². The minimum Gasteiger partial charge on any atom is -0.207 e. The number of hydrogen-bond acceptors (Lipinski definition) is 1. The van der Waals surface area contributed by atoms with Gasteiger partial charge in [-0.1, -0.05) is 18.2 Å². The summed E-state index contributed by atoms with van der Waals surface area (Å²) in [4.78, 5) is 0. The molecule has 2 heteroatoms. The van der Waals surface area contributed by atoms with Crippen molar-refractivity contribution in [1.82, 2.24) is 0 Å². The fourth-order valence-corrected chi connectivity index (χ4v) is 1.13. The molecule has 0 aromatic heterocycles.